The first-order chi connectivity index (χ1) is 18.3. The second-order valence-corrected chi connectivity index (χ2v) is 12.8. The maximum atomic E-state index is 13.3. The topological polar surface area (TPSA) is 157 Å². The van der Waals surface area contributed by atoms with Crippen molar-refractivity contribution in [3.8, 4) is 5.75 Å². The van der Waals surface area contributed by atoms with Crippen molar-refractivity contribution < 1.29 is 29.4 Å². The molecule has 4 rings (SSSR count). The van der Waals surface area contributed by atoms with Crippen LogP contribution in [0.5, 0.6) is 5.75 Å². The number of aliphatic carboxylic acids is 1. The highest BCUT2D eigenvalue weighted by atomic mass is 33.1. The third kappa shape index (κ3) is 6.95. The molecule has 0 radical (unpaired) electrons. The molecule has 208 valence electrons. The van der Waals surface area contributed by atoms with Gasteiger partial charge in [0.15, 0.2) is 0 Å². The van der Waals surface area contributed by atoms with E-state index in [0.29, 0.717) is 25.8 Å². The number of phenols is 1. The molecule has 2 aliphatic heterocycles. The van der Waals surface area contributed by atoms with Crippen molar-refractivity contribution in [2.75, 3.05) is 24.6 Å². The van der Waals surface area contributed by atoms with Gasteiger partial charge < -0.3 is 31.5 Å². The molecule has 1 aromatic carbocycles. The number of carbonyl (C=O) groups is 4. The van der Waals surface area contributed by atoms with Crippen LogP contribution in [0.1, 0.15) is 56.4 Å². The molecule has 6 N–H and O–H groups in total. The fraction of sp³-hybridized carbons (Fsp3) is 0.615. The maximum Gasteiger partial charge on any atom is 0.327 e. The molecular weight excluding hydrogens is 528 g/mol. The second-order valence-electron chi connectivity index (χ2n) is 10.3. The Hall–Kier alpha value is -2.44. The van der Waals surface area contributed by atoms with Gasteiger partial charge in [-0.05, 0) is 49.9 Å². The van der Waals surface area contributed by atoms with Crippen molar-refractivity contribution in [3.63, 3.8) is 0 Å². The minimum Gasteiger partial charge on any atom is -0.508 e. The summed E-state index contributed by atoms with van der Waals surface area (Å²) in [5.41, 5.74) is 0.238. The fourth-order valence-corrected chi connectivity index (χ4v) is 7.91. The lowest BCUT2D eigenvalue weighted by molar-refractivity contribution is -0.144. The monoisotopic (exact) mass is 564 g/mol. The van der Waals surface area contributed by atoms with Gasteiger partial charge in [-0.2, -0.15) is 0 Å². The second kappa shape index (κ2) is 13.1. The van der Waals surface area contributed by atoms with E-state index in [2.05, 4.69) is 21.3 Å². The minimum absolute atomic E-state index is 0.0879. The molecule has 38 heavy (non-hydrogen) atoms. The summed E-state index contributed by atoms with van der Waals surface area (Å²) in [6.07, 6.45) is 5.31. The van der Waals surface area contributed by atoms with Crippen molar-refractivity contribution in [3.05, 3.63) is 29.8 Å². The quantitative estimate of drug-likeness (QED) is 0.300. The van der Waals surface area contributed by atoms with Gasteiger partial charge in [-0.15, -0.1) is 0 Å². The summed E-state index contributed by atoms with van der Waals surface area (Å²) in [6, 6.07) is 4.47. The Morgan fingerprint density at radius 1 is 0.974 bits per heavy atom. The molecule has 10 nitrogen and oxygen atoms in total. The average Bonchev–Trinajstić information content (AvgIpc) is 3.40. The summed E-state index contributed by atoms with van der Waals surface area (Å²) in [4.78, 5) is 51.6. The third-order valence-corrected chi connectivity index (χ3v) is 10.2. The van der Waals surface area contributed by atoms with Gasteiger partial charge in [-0.1, -0.05) is 53.0 Å². The number of benzene rings is 1. The van der Waals surface area contributed by atoms with Crippen LogP contribution in [0.3, 0.4) is 0 Å². The number of amides is 3. The smallest absolute Gasteiger partial charge is 0.327 e. The van der Waals surface area contributed by atoms with Crippen LogP contribution in [0.25, 0.3) is 0 Å². The summed E-state index contributed by atoms with van der Waals surface area (Å²) in [6.45, 7) is 0.927. The molecule has 4 atom stereocenters. The van der Waals surface area contributed by atoms with Gasteiger partial charge in [0, 0.05) is 24.0 Å². The molecule has 3 amide bonds. The lowest BCUT2D eigenvalue weighted by Gasteiger charge is -2.36. The maximum absolute atomic E-state index is 13.3. The number of carboxylic acid groups (broad SMARTS) is 1. The molecule has 0 bridgehead atoms. The van der Waals surface area contributed by atoms with Gasteiger partial charge in [-0.25, -0.2) is 4.79 Å². The Bertz CT molecular complexity index is 1020. The summed E-state index contributed by atoms with van der Waals surface area (Å²) in [5.74, 6) is -1.45. The number of carboxylic acids is 1. The van der Waals surface area contributed by atoms with E-state index in [0.717, 1.165) is 31.2 Å². The van der Waals surface area contributed by atoms with Gasteiger partial charge in [0.2, 0.25) is 17.7 Å². The molecule has 12 heteroatoms. The molecule has 1 aromatic rings. The highest BCUT2D eigenvalue weighted by molar-refractivity contribution is 8.76. The van der Waals surface area contributed by atoms with Crippen LogP contribution in [-0.2, 0) is 19.2 Å². The van der Waals surface area contributed by atoms with Crippen LogP contribution >= 0.6 is 21.6 Å². The minimum atomic E-state index is -1.08. The number of hydrogen-bond donors (Lipinski definition) is 6. The van der Waals surface area contributed by atoms with Gasteiger partial charge >= 0.3 is 5.97 Å². The van der Waals surface area contributed by atoms with E-state index in [1.165, 1.54) is 21.6 Å². The number of nitrogens with one attached hydrogen (secondary N) is 4. The molecule has 2 saturated heterocycles. The first-order valence-electron chi connectivity index (χ1n) is 13.2. The lowest BCUT2D eigenvalue weighted by Crippen LogP contribution is -2.54. The lowest BCUT2D eigenvalue weighted by atomic mass is 9.71. The largest absolute Gasteiger partial charge is 0.508 e. The molecule has 1 saturated carbocycles. The predicted molar refractivity (Wildman–Crippen MR) is 147 cm³/mol. The van der Waals surface area contributed by atoms with Gasteiger partial charge in [-0.3, -0.25) is 14.4 Å². The van der Waals surface area contributed by atoms with E-state index in [1.807, 2.05) is 0 Å². The Morgan fingerprint density at radius 3 is 2.39 bits per heavy atom. The number of carbonyl (C=O) groups excluding carboxylic acids is 3. The van der Waals surface area contributed by atoms with Crippen LogP contribution in [0, 0.1) is 5.41 Å². The Morgan fingerprint density at radius 2 is 1.68 bits per heavy atom. The summed E-state index contributed by atoms with van der Waals surface area (Å²) >= 11 is 0. The predicted octanol–water partition coefficient (Wildman–Crippen LogP) is 1.74. The third-order valence-electron chi connectivity index (χ3n) is 7.81. The fourth-order valence-electron chi connectivity index (χ4n) is 5.59. The molecule has 0 aromatic heterocycles. The van der Waals surface area contributed by atoms with Crippen LogP contribution in [-0.4, -0.2) is 76.6 Å². The average molecular weight is 565 g/mol. The molecule has 1 aliphatic carbocycles. The zero-order valence-corrected chi connectivity index (χ0v) is 22.9. The number of hydrogen-bond acceptors (Lipinski definition) is 8. The zero-order chi connectivity index (χ0) is 27.1. The molecule has 0 unspecified atom stereocenters. The van der Waals surface area contributed by atoms with E-state index < -0.39 is 29.5 Å². The van der Waals surface area contributed by atoms with Crippen molar-refractivity contribution >= 4 is 45.3 Å². The van der Waals surface area contributed by atoms with Crippen molar-refractivity contribution in [2.45, 2.75) is 69.0 Å². The first-order valence-corrected chi connectivity index (χ1v) is 15.7. The van der Waals surface area contributed by atoms with E-state index in [9.17, 15) is 29.4 Å². The molecule has 3 aliphatic rings. The Labute approximate surface area is 230 Å². The van der Waals surface area contributed by atoms with E-state index in [1.54, 1.807) is 24.3 Å². The normalized spacial score (nSPS) is 28.7. The van der Waals surface area contributed by atoms with E-state index >= 15 is 0 Å². The van der Waals surface area contributed by atoms with Crippen LogP contribution in [0.2, 0.25) is 0 Å². The zero-order valence-electron chi connectivity index (χ0n) is 21.2. The first kappa shape index (κ1) is 28.6. The highest BCUT2D eigenvalue weighted by Crippen LogP contribution is 2.40. The van der Waals surface area contributed by atoms with Crippen molar-refractivity contribution in [1.82, 2.24) is 21.3 Å². The van der Waals surface area contributed by atoms with Crippen LogP contribution in [0.4, 0.5) is 0 Å². The number of rotatable bonds is 4. The van der Waals surface area contributed by atoms with Crippen molar-refractivity contribution in [1.29, 1.82) is 0 Å². The number of aromatic hydroxyl groups is 1. The molecular formula is C26H36N4O6S2. The van der Waals surface area contributed by atoms with E-state index in [4.69, 9.17) is 0 Å². The van der Waals surface area contributed by atoms with E-state index in [-0.39, 0.29) is 47.4 Å². The molecule has 3 fully saturated rings. The van der Waals surface area contributed by atoms with Gasteiger partial charge in [0.1, 0.15) is 17.8 Å². The number of phenolic OH excluding ortho intramolecular Hbond substituents is 1. The van der Waals surface area contributed by atoms with Crippen LogP contribution in [0.15, 0.2) is 24.3 Å². The summed E-state index contributed by atoms with van der Waals surface area (Å²) in [7, 11) is 2.56. The van der Waals surface area contributed by atoms with Crippen molar-refractivity contribution in [2.24, 2.45) is 5.41 Å². The van der Waals surface area contributed by atoms with Gasteiger partial charge in [0.05, 0.1) is 11.5 Å². The molecule has 1 spiro atoms. The summed E-state index contributed by atoms with van der Waals surface area (Å²) in [5, 5.41) is 31.1. The Kier molecular flexibility index (Phi) is 9.83. The highest BCUT2D eigenvalue weighted by Gasteiger charge is 2.41. The Balaban J connectivity index is 1.46. The molecule has 2 heterocycles. The standard InChI is InChI=1S/C26H36N4O6S2/c31-17-6-4-16(5-7-17)18-8-12-27-21(18)23(33)29-19-14-37-38-15-20(24(34)35)30-25(36)26(9-2-1-3-10-26)11-13-28-22(19)32/h4-7,18-21,27,31H,1-3,8-15H2,(H,28,32)(H,29,33)(H,30,36)(H,34,35)/t18-,19+,20+,21-/m1/s1. The SMILES string of the molecule is O=C(O)[C@@H]1CSSC[C@H](NC(=O)[C@@H]2NCC[C@@H]2c2ccc(O)cc2)C(=O)NCCC2(CCCCC2)C(=O)N1. The summed E-state index contributed by atoms with van der Waals surface area (Å²) < 4.78 is 0. The van der Waals surface area contributed by atoms with Crippen LogP contribution < -0.4 is 21.3 Å². The van der Waals surface area contributed by atoms with Gasteiger partial charge in [0.25, 0.3) is 0 Å².